The summed E-state index contributed by atoms with van der Waals surface area (Å²) in [5.74, 6) is 0.0704. The van der Waals surface area contributed by atoms with Gasteiger partial charge >= 0.3 is 5.97 Å². The highest BCUT2D eigenvalue weighted by molar-refractivity contribution is 6.07. The fourth-order valence-corrected chi connectivity index (χ4v) is 4.33. The van der Waals surface area contributed by atoms with Gasteiger partial charge in [0.15, 0.2) is 6.61 Å². The van der Waals surface area contributed by atoms with Crippen molar-refractivity contribution in [3.8, 4) is 5.75 Å². The fraction of sp³-hybridized carbons (Fsp3) is 0.478. The van der Waals surface area contributed by atoms with Gasteiger partial charge in [-0.3, -0.25) is 4.79 Å². The Hall–Kier alpha value is -2.76. The summed E-state index contributed by atoms with van der Waals surface area (Å²) in [5.41, 5.74) is 3.47. The molecule has 1 fully saturated rings. The van der Waals surface area contributed by atoms with Gasteiger partial charge in [-0.2, -0.15) is 0 Å². The van der Waals surface area contributed by atoms with E-state index in [0.29, 0.717) is 23.9 Å². The Morgan fingerprint density at radius 2 is 2.07 bits per heavy atom. The third-order valence-electron chi connectivity index (χ3n) is 5.88. The highest BCUT2D eigenvalue weighted by Gasteiger charge is 2.31. The van der Waals surface area contributed by atoms with Gasteiger partial charge in [-0.15, -0.1) is 0 Å². The first-order valence-corrected chi connectivity index (χ1v) is 10.4. The van der Waals surface area contributed by atoms with Crippen LogP contribution in [0.25, 0.3) is 10.9 Å². The van der Waals surface area contributed by atoms with Crippen LogP contribution in [0, 0.1) is 6.92 Å². The summed E-state index contributed by atoms with van der Waals surface area (Å²) in [6.07, 6.45) is 7.31. The molecule has 0 atom stereocenters. The topological polar surface area (TPSA) is 60.8 Å². The van der Waals surface area contributed by atoms with Crippen LogP contribution < -0.4 is 4.74 Å². The Kier molecular flexibility index (Phi) is 5.35. The van der Waals surface area contributed by atoms with E-state index in [1.165, 1.54) is 0 Å². The Balaban J connectivity index is 1.58. The van der Waals surface area contributed by atoms with Gasteiger partial charge in [0.1, 0.15) is 5.75 Å². The second kappa shape index (κ2) is 7.93. The molecule has 0 N–H and O–H groups in total. The maximum Gasteiger partial charge on any atom is 0.341 e. The number of carbonyl (C=O) groups is 2. The van der Waals surface area contributed by atoms with E-state index in [2.05, 4.69) is 10.6 Å². The number of amides is 1. The van der Waals surface area contributed by atoms with Crippen molar-refractivity contribution in [2.75, 3.05) is 20.3 Å². The van der Waals surface area contributed by atoms with Gasteiger partial charge in [-0.1, -0.05) is 6.08 Å². The standard InChI is InChI=1S/C23H28N2O4/c1-4-24(16-7-5-6-8-16)21(26)14-29-23(27)22-15(2)25(17-9-10-17)20-12-11-18(28-3)13-19(20)22/h7,11-13,17H,4-6,8-10,14H2,1-3H3. The third-order valence-corrected chi connectivity index (χ3v) is 5.88. The van der Waals surface area contributed by atoms with E-state index in [1.807, 2.05) is 32.0 Å². The first-order chi connectivity index (χ1) is 14.0. The lowest BCUT2D eigenvalue weighted by Gasteiger charge is -2.22. The number of aromatic nitrogens is 1. The fourth-order valence-electron chi connectivity index (χ4n) is 4.33. The zero-order chi connectivity index (χ0) is 20.5. The van der Waals surface area contributed by atoms with Crippen molar-refractivity contribution < 1.29 is 19.1 Å². The van der Waals surface area contributed by atoms with Crippen molar-refractivity contribution in [1.29, 1.82) is 0 Å². The maximum absolute atomic E-state index is 13.0. The van der Waals surface area contributed by atoms with Crippen LogP contribution in [-0.4, -0.2) is 41.6 Å². The van der Waals surface area contributed by atoms with Crippen molar-refractivity contribution in [3.63, 3.8) is 0 Å². The van der Waals surface area contributed by atoms with Crippen LogP contribution >= 0.6 is 0 Å². The summed E-state index contributed by atoms with van der Waals surface area (Å²) in [5, 5.41) is 0.817. The molecule has 2 aliphatic carbocycles. The number of allylic oxidation sites excluding steroid dienone is 2. The van der Waals surface area contributed by atoms with E-state index >= 15 is 0 Å². The molecule has 0 spiro atoms. The number of carbonyl (C=O) groups excluding carboxylic acids is 2. The first-order valence-electron chi connectivity index (χ1n) is 10.4. The molecule has 0 bridgehead atoms. The van der Waals surface area contributed by atoms with Gasteiger partial charge in [-0.25, -0.2) is 4.79 Å². The van der Waals surface area contributed by atoms with Crippen molar-refractivity contribution >= 4 is 22.8 Å². The van der Waals surface area contributed by atoms with Crippen molar-refractivity contribution in [2.24, 2.45) is 0 Å². The second-order valence-electron chi connectivity index (χ2n) is 7.75. The summed E-state index contributed by atoms with van der Waals surface area (Å²) >= 11 is 0. The molecule has 1 saturated carbocycles. The quantitative estimate of drug-likeness (QED) is 0.652. The molecular formula is C23H28N2O4. The lowest BCUT2D eigenvalue weighted by molar-refractivity contribution is -0.132. The van der Waals surface area contributed by atoms with Crippen molar-refractivity contribution in [2.45, 2.75) is 52.0 Å². The number of nitrogens with zero attached hydrogens (tertiary/aromatic N) is 2. The molecule has 1 aromatic heterocycles. The molecule has 2 aromatic rings. The molecule has 1 aromatic carbocycles. The van der Waals surface area contributed by atoms with Crippen LogP contribution in [0.1, 0.15) is 61.1 Å². The second-order valence-corrected chi connectivity index (χ2v) is 7.75. The van der Waals surface area contributed by atoms with Crippen molar-refractivity contribution in [3.05, 3.63) is 41.2 Å². The minimum Gasteiger partial charge on any atom is -0.497 e. The van der Waals surface area contributed by atoms with Crippen molar-refractivity contribution in [1.82, 2.24) is 9.47 Å². The Morgan fingerprint density at radius 3 is 2.69 bits per heavy atom. The molecular weight excluding hydrogens is 368 g/mol. The molecule has 29 heavy (non-hydrogen) atoms. The number of hydrogen-bond donors (Lipinski definition) is 0. The van der Waals surface area contributed by atoms with Crippen LogP contribution in [0.4, 0.5) is 0 Å². The summed E-state index contributed by atoms with van der Waals surface area (Å²) < 4.78 is 13.1. The van der Waals surface area contributed by atoms with Gasteiger partial charge in [0.25, 0.3) is 5.91 Å². The number of esters is 1. The van der Waals surface area contributed by atoms with Gasteiger partial charge < -0.3 is 18.9 Å². The maximum atomic E-state index is 13.0. The average Bonchev–Trinajstić information content (AvgIpc) is 3.32. The predicted molar refractivity (Wildman–Crippen MR) is 111 cm³/mol. The highest BCUT2D eigenvalue weighted by atomic mass is 16.5. The number of rotatable bonds is 7. The van der Waals surface area contributed by atoms with E-state index in [1.54, 1.807) is 12.0 Å². The van der Waals surface area contributed by atoms with Crippen LogP contribution in [-0.2, 0) is 9.53 Å². The average molecular weight is 396 g/mol. The van der Waals surface area contributed by atoms with E-state index in [4.69, 9.17) is 9.47 Å². The van der Waals surface area contributed by atoms with Crippen LogP contribution in [0.5, 0.6) is 5.75 Å². The highest BCUT2D eigenvalue weighted by Crippen LogP contribution is 2.42. The zero-order valence-corrected chi connectivity index (χ0v) is 17.4. The number of fused-ring (bicyclic) bond motifs is 1. The molecule has 4 rings (SSSR count). The number of methoxy groups -OCH3 is 1. The summed E-state index contributed by atoms with van der Waals surface area (Å²) in [4.78, 5) is 27.4. The minimum absolute atomic E-state index is 0.171. The third kappa shape index (κ3) is 3.63. The van der Waals surface area contributed by atoms with Gasteiger partial charge in [0, 0.05) is 34.9 Å². The molecule has 0 saturated heterocycles. The molecule has 1 heterocycles. The molecule has 6 nitrogen and oxygen atoms in total. The van der Waals surface area contributed by atoms with E-state index in [9.17, 15) is 9.59 Å². The Bertz CT molecular complexity index is 984. The van der Waals surface area contributed by atoms with Crippen LogP contribution in [0.15, 0.2) is 30.0 Å². The monoisotopic (exact) mass is 396 g/mol. The molecule has 1 amide bonds. The number of hydrogen-bond acceptors (Lipinski definition) is 4. The Labute approximate surface area is 171 Å². The normalized spacial score (nSPS) is 16.0. The minimum atomic E-state index is -0.454. The summed E-state index contributed by atoms with van der Waals surface area (Å²) in [6, 6.07) is 6.21. The summed E-state index contributed by atoms with van der Waals surface area (Å²) in [7, 11) is 1.61. The van der Waals surface area contributed by atoms with Gasteiger partial charge in [-0.05, 0) is 64.2 Å². The van der Waals surface area contributed by atoms with Crippen LogP contribution in [0.3, 0.4) is 0 Å². The summed E-state index contributed by atoms with van der Waals surface area (Å²) in [6.45, 7) is 4.23. The number of likely N-dealkylation sites (N-methyl/N-ethyl adjacent to an activating group) is 1. The van der Waals surface area contributed by atoms with E-state index in [0.717, 1.165) is 54.4 Å². The molecule has 2 aliphatic rings. The smallest absolute Gasteiger partial charge is 0.341 e. The number of ether oxygens (including phenoxy) is 2. The molecule has 0 unspecified atom stereocenters. The van der Waals surface area contributed by atoms with Gasteiger partial charge in [0.2, 0.25) is 0 Å². The zero-order valence-electron chi connectivity index (χ0n) is 17.4. The van der Waals surface area contributed by atoms with E-state index in [-0.39, 0.29) is 12.5 Å². The van der Waals surface area contributed by atoms with Gasteiger partial charge in [0.05, 0.1) is 12.7 Å². The first kappa shape index (κ1) is 19.6. The van der Waals surface area contributed by atoms with E-state index < -0.39 is 5.97 Å². The SMILES string of the molecule is CCN(C(=O)COC(=O)c1c(C)n(C2CC2)c2ccc(OC)cc12)C1=CCCC1. The van der Waals surface area contributed by atoms with Crippen LogP contribution in [0.2, 0.25) is 0 Å². The molecule has 0 radical (unpaired) electrons. The largest absolute Gasteiger partial charge is 0.497 e. The number of benzene rings is 1. The molecule has 154 valence electrons. The predicted octanol–water partition coefficient (Wildman–Crippen LogP) is 4.37. The lowest BCUT2D eigenvalue weighted by atomic mass is 10.1. The Morgan fingerprint density at radius 1 is 1.28 bits per heavy atom. The lowest BCUT2D eigenvalue weighted by Crippen LogP contribution is -2.33. The molecule has 6 heteroatoms. The molecule has 0 aliphatic heterocycles.